The summed E-state index contributed by atoms with van der Waals surface area (Å²) in [4.78, 5) is 11.4. The number of furan rings is 1. The van der Waals surface area contributed by atoms with Gasteiger partial charge in [-0.2, -0.15) is 0 Å². The van der Waals surface area contributed by atoms with Crippen molar-refractivity contribution >= 4 is 41.6 Å². The third kappa shape index (κ3) is 3.98. The monoisotopic (exact) mass is 359 g/mol. The summed E-state index contributed by atoms with van der Waals surface area (Å²) in [6.45, 7) is 2.05. The Kier molecular flexibility index (Phi) is 5.20. The lowest BCUT2D eigenvalue weighted by Gasteiger charge is -2.09. The third-order valence-corrected chi connectivity index (χ3v) is 4.27. The number of halogens is 2. The second kappa shape index (κ2) is 6.05. The van der Waals surface area contributed by atoms with E-state index in [2.05, 4.69) is 21.2 Å². The maximum atomic E-state index is 11.6. The first kappa shape index (κ1) is 15.5. The van der Waals surface area contributed by atoms with Crippen LogP contribution >= 0.6 is 26.6 Å². The van der Waals surface area contributed by atoms with Crippen molar-refractivity contribution in [3.63, 3.8) is 0 Å². The van der Waals surface area contributed by atoms with E-state index in [-0.39, 0.29) is 28.0 Å². The molecule has 1 aromatic rings. The molecule has 6 nitrogen and oxygen atoms in total. The number of carbonyl (C=O) groups is 1. The smallest absolute Gasteiger partial charge is 0.287 e. The molecule has 0 bridgehead atoms. The molecular weight excluding hydrogens is 350 g/mol. The first-order valence-electron chi connectivity index (χ1n) is 4.80. The molecule has 0 radical (unpaired) electrons. The van der Waals surface area contributed by atoms with Crippen LogP contribution in [0.3, 0.4) is 0 Å². The Morgan fingerprint density at radius 3 is 2.72 bits per heavy atom. The molecule has 1 heterocycles. The molecule has 0 fully saturated rings. The van der Waals surface area contributed by atoms with E-state index in [1.807, 2.05) is 0 Å². The van der Waals surface area contributed by atoms with E-state index in [0.29, 0.717) is 0 Å². The Morgan fingerprint density at radius 1 is 1.67 bits per heavy atom. The zero-order valence-electron chi connectivity index (χ0n) is 9.57. The fraction of sp³-hybridized carbons (Fsp3) is 0.444. The van der Waals surface area contributed by atoms with Crippen LogP contribution in [0.2, 0.25) is 0 Å². The Hall–Kier alpha value is -0.570. The van der Waals surface area contributed by atoms with Crippen molar-refractivity contribution in [1.82, 2.24) is 5.32 Å². The van der Waals surface area contributed by atoms with Crippen molar-refractivity contribution in [1.29, 1.82) is 0 Å². The highest BCUT2D eigenvalue weighted by Crippen LogP contribution is 2.28. The minimum Gasteiger partial charge on any atom is -0.443 e. The van der Waals surface area contributed by atoms with Gasteiger partial charge in [-0.1, -0.05) is 0 Å². The number of nitrogens with one attached hydrogen (secondary N) is 1. The number of rotatable bonds is 5. The van der Waals surface area contributed by atoms with Crippen molar-refractivity contribution in [2.75, 3.05) is 13.7 Å². The predicted octanol–water partition coefficient (Wildman–Crippen LogP) is 1.73. The maximum Gasteiger partial charge on any atom is 0.287 e. The number of methoxy groups -OCH3 is 1. The van der Waals surface area contributed by atoms with Gasteiger partial charge >= 0.3 is 0 Å². The van der Waals surface area contributed by atoms with Crippen LogP contribution in [0.5, 0.6) is 0 Å². The van der Waals surface area contributed by atoms with Crippen LogP contribution in [-0.2, 0) is 13.8 Å². The molecule has 1 rings (SSSR count). The molecule has 18 heavy (non-hydrogen) atoms. The van der Waals surface area contributed by atoms with Crippen molar-refractivity contribution < 1.29 is 22.4 Å². The van der Waals surface area contributed by atoms with Crippen molar-refractivity contribution in [2.24, 2.45) is 0 Å². The van der Waals surface area contributed by atoms with E-state index in [1.165, 1.54) is 7.11 Å². The summed E-state index contributed by atoms with van der Waals surface area (Å²) >= 11 is 2.88. The van der Waals surface area contributed by atoms with Crippen molar-refractivity contribution in [3.05, 3.63) is 16.5 Å². The highest BCUT2D eigenvalue weighted by Gasteiger charge is 2.23. The summed E-state index contributed by atoms with van der Waals surface area (Å²) in [6, 6.07) is 1.05. The van der Waals surface area contributed by atoms with E-state index < -0.39 is 15.0 Å². The summed E-state index contributed by atoms with van der Waals surface area (Å²) in [6.07, 6.45) is -0.163. The lowest BCUT2D eigenvalue weighted by Crippen LogP contribution is -2.31. The van der Waals surface area contributed by atoms with Crippen LogP contribution in [0.15, 0.2) is 20.0 Å². The quantitative estimate of drug-likeness (QED) is 0.808. The number of hydrogen-bond acceptors (Lipinski definition) is 5. The van der Waals surface area contributed by atoms with E-state index in [0.717, 1.165) is 6.07 Å². The Bertz CT molecular complexity index is 541. The normalized spacial score (nSPS) is 13.3. The largest absolute Gasteiger partial charge is 0.443 e. The van der Waals surface area contributed by atoms with Gasteiger partial charge in [0.05, 0.1) is 6.10 Å². The number of amides is 1. The van der Waals surface area contributed by atoms with Gasteiger partial charge in [-0.05, 0) is 22.9 Å². The fourth-order valence-corrected chi connectivity index (χ4v) is 3.07. The van der Waals surface area contributed by atoms with E-state index in [4.69, 9.17) is 19.8 Å². The molecule has 102 valence electrons. The van der Waals surface area contributed by atoms with Crippen LogP contribution < -0.4 is 5.32 Å². The average Bonchev–Trinajstić information content (AvgIpc) is 2.67. The Labute approximate surface area is 117 Å². The standard InChI is InChI=1S/C9H11BrClNO5S/c1-5(16-2)4-12-9(13)6-3-7(8(10)17-6)18(11,14)15/h3,5H,4H2,1-2H3,(H,12,13). The molecule has 0 saturated heterocycles. The predicted molar refractivity (Wildman–Crippen MR) is 68.3 cm³/mol. The highest BCUT2D eigenvalue weighted by molar-refractivity contribution is 9.10. The van der Waals surface area contributed by atoms with Crippen LogP contribution in [0.4, 0.5) is 0 Å². The molecule has 0 aliphatic carbocycles. The molecule has 1 aromatic heterocycles. The number of carbonyl (C=O) groups excluding carboxylic acids is 1. The third-order valence-electron chi connectivity index (χ3n) is 2.09. The molecular formula is C9H11BrClNO5S. The molecule has 1 amide bonds. The van der Waals surface area contributed by atoms with Crippen LogP contribution in [0.25, 0.3) is 0 Å². The zero-order valence-corrected chi connectivity index (χ0v) is 12.7. The summed E-state index contributed by atoms with van der Waals surface area (Å²) in [5, 5.41) is 2.53. The first-order chi connectivity index (χ1) is 8.25. The van der Waals surface area contributed by atoms with Gasteiger partial charge in [-0.25, -0.2) is 8.42 Å². The molecule has 0 aliphatic rings. The molecule has 1 unspecified atom stereocenters. The van der Waals surface area contributed by atoms with Gasteiger partial charge < -0.3 is 14.5 Å². The highest BCUT2D eigenvalue weighted by atomic mass is 79.9. The lowest BCUT2D eigenvalue weighted by atomic mass is 10.3. The zero-order chi connectivity index (χ0) is 13.9. The fourth-order valence-electron chi connectivity index (χ4n) is 1.04. The topological polar surface area (TPSA) is 85.6 Å². The molecule has 9 heteroatoms. The summed E-state index contributed by atoms with van der Waals surface area (Å²) in [7, 11) is 2.72. The van der Waals surface area contributed by atoms with Gasteiger partial charge in [0.25, 0.3) is 15.0 Å². The lowest BCUT2D eigenvalue weighted by molar-refractivity contribution is 0.0845. The molecule has 0 aliphatic heterocycles. The van der Waals surface area contributed by atoms with Gasteiger partial charge in [0.1, 0.15) is 4.90 Å². The second-order valence-corrected chi connectivity index (χ2v) is 6.70. The van der Waals surface area contributed by atoms with Gasteiger partial charge in [-0.15, -0.1) is 0 Å². The van der Waals surface area contributed by atoms with Gasteiger partial charge in [0, 0.05) is 30.4 Å². The average molecular weight is 361 g/mol. The number of hydrogen-bond donors (Lipinski definition) is 1. The van der Waals surface area contributed by atoms with Crippen LogP contribution in [0, 0.1) is 0 Å². The van der Waals surface area contributed by atoms with E-state index in [1.54, 1.807) is 6.92 Å². The van der Waals surface area contributed by atoms with Gasteiger partial charge in [0.2, 0.25) is 0 Å². The van der Waals surface area contributed by atoms with E-state index in [9.17, 15) is 13.2 Å². The molecule has 0 spiro atoms. The van der Waals surface area contributed by atoms with Crippen LogP contribution in [-0.4, -0.2) is 34.1 Å². The SMILES string of the molecule is COC(C)CNC(=O)c1cc(S(=O)(=O)Cl)c(Br)o1. The van der Waals surface area contributed by atoms with E-state index >= 15 is 0 Å². The van der Waals surface area contributed by atoms with Crippen molar-refractivity contribution in [2.45, 2.75) is 17.9 Å². The van der Waals surface area contributed by atoms with Gasteiger partial charge in [-0.3, -0.25) is 4.79 Å². The van der Waals surface area contributed by atoms with Crippen molar-refractivity contribution in [3.8, 4) is 0 Å². The summed E-state index contributed by atoms with van der Waals surface area (Å²) in [5.74, 6) is -0.699. The number of ether oxygens (including phenoxy) is 1. The first-order valence-corrected chi connectivity index (χ1v) is 7.91. The summed E-state index contributed by atoms with van der Waals surface area (Å²) < 4.78 is 32.1. The molecule has 0 aromatic carbocycles. The summed E-state index contributed by atoms with van der Waals surface area (Å²) in [5.41, 5.74) is 0. The van der Waals surface area contributed by atoms with Crippen LogP contribution in [0.1, 0.15) is 17.5 Å². The maximum absolute atomic E-state index is 11.6. The van der Waals surface area contributed by atoms with Gasteiger partial charge in [0.15, 0.2) is 10.4 Å². The molecule has 0 saturated carbocycles. The Balaban J connectivity index is 2.83. The molecule has 1 N–H and O–H groups in total. The molecule has 1 atom stereocenters. The Morgan fingerprint density at radius 2 is 2.28 bits per heavy atom. The minimum absolute atomic E-state index is 0.109. The minimum atomic E-state index is -3.96. The second-order valence-electron chi connectivity index (χ2n) is 3.44.